The van der Waals surface area contributed by atoms with Crippen molar-refractivity contribution in [3.8, 4) is 0 Å². The molecule has 0 spiro atoms. The van der Waals surface area contributed by atoms with Crippen molar-refractivity contribution in [2.45, 2.75) is 96.8 Å². The second kappa shape index (κ2) is 15.4. The van der Waals surface area contributed by atoms with E-state index in [9.17, 15) is 4.79 Å². The lowest BCUT2D eigenvalue weighted by Gasteiger charge is -2.03. The second-order valence-electron chi connectivity index (χ2n) is 6.00. The molecular formula is C18H35NO2. The van der Waals surface area contributed by atoms with Crippen molar-refractivity contribution < 1.29 is 9.90 Å². The van der Waals surface area contributed by atoms with Gasteiger partial charge in [0.2, 0.25) is 0 Å². The van der Waals surface area contributed by atoms with Gasteiger partial charge >= 0.3 is 5.97 Å². The molecule has 3 nitrogen and oxygen atoms in total. The SMILES string of the molecule is CCCCCCCC/C=C(/N)CCCCCCCC(=O)O. The molecule has 0 aromatic carbocycles. The van der Waals surface area contributed by atoms with Crippen molar-refractivity contribution in [2.24, 2.45) is 5.73 Å². The summed E-state index contributed by atoms with van der Waals surface area (Å²) in [5, 5.41) is 8.53. The van der Waals surface area contributed by atoms with Crippen LogP contribution in [-0.2, 0) is 4.79 Å². The molecule has 3 heteroatoms. The lowest BCUT2D eigenvalue weighted by molar-refractivity contribution is -0.137. The van der Waals surface area contributed by atoms with Crippen LogP contribution in [0.5, 0.6) is 0 Å². The number of carbonyl (C=O) groups is 1. The lowest BCUT2D eigenvalue weighted by Crippen LogP contribution is -1.97. The van der Waals surface area contributed by atoms with E-state index in [4.69, 9.17) is 10.8 Å². The molecule has 0 bridgehead atoms. The summed E-state index contributed by atoms with van der Waals surface area (Å²) in [6.45, 7) is 2.25. The third-order valence-corrected chi connectivity index (χ3v) is 3.82. The highest BCUT2D eigenvalue weighted by Gasteiger charge is 1.97. The molecule has 0 aromatic heterocycles. The van der Waals surface area contributed by atoms with Crippen LogP contribution in [0.25, 0.3) is 0 Å². The average molecular weight is 297 g/mol. The molecule has 0 aromatic rings. The zero-order valence-electron chi connectivity index (χ0n) is 13.9. The summed E-state index contributed by atoms with van der Waals surface area (Å²) < 4.78 is 0. The van der Waals surface area contributed by atoms with E-state index in [-0.39, 0.29) is 0 Å². The van der Waals surface area contributed by atoms with Gasteiger partial charge < -0.3 is 10.8 Å². The minimum absolute atomic E-state index is 0.306. The number of aliphatic carboxylic acids is 1. The highest BCUT2D eigenvalue weighted by Crippen LogP contribution is 2.11. The largest absolute Gasteiger partial charge is 0.481 e. The van der Waals surface area contributed by atoms with E-state index in [1.165, 1.54) is 38.5 Å². The summed E-state index contributed by atoms with van der Waals surface area (Å²) in [6, 6.07) is 0. The molecule has 0 aliphatic rings. The first-order valence-electron chi connectivity index (χ1n) is 8.83. The molecular weight excluding hydrogens is 262 g/mol. The van der Waals surface area contributed by atoms with E-state index in [2.05, 4.69) is 13.0 Å². The van der Waals surface area contributed by atoms with Crippen LogP contribution in [0.1, 0.15) is 96.8 Å². The van der Waals surface area contributed by atoms with Gasteiger partial charge in [0.25, 0.3) is 0 Å². The number of carboxylic acids is 1. The Morgan fingerprint density at radius 2 is 1.38 bits per heavy atom. The molecule has 124 valence electrons. The first kappa shape index (κ1) is 20.0. The highest BCUT2D eigenvalue weighted by atomic mass is 16.4. The van der Waals surface area contributed by atoms with Crippen molar-refractivity contribution in [1.29, 1.82) is 0 Å². The quantitative estimate of drug-likeness (QED) is 0.398. The normalized spacial score (nSPS) is 11.8. The maximum absolute atomic E-state index is 10.4. The van der Waals surface area contributed by atoms with E-state index in [0.29, 0.717) is 6.42 Å². The number of unbranched alkanes of at least 4 members (excludes halogenated alkanes) is 10. The number of carboxylic acid groups (broad SMARTS) is 1. The lowest BCUT2D eigenvalue weighted by atomic mass is 10.1. The molecule has 0 aliphatic carbocycles. The van der Waals surface area contributed by atoms with Gasteiger partial charge in [0.05, 0.1) is 0 Å². The molecule has 0 unspecified atom stereocenters. The van der Waals surface area contributed by atoms with E-state index in [0.717, 1.165) is 50.6 Å². The number of nitrogens with two attached hydrogens (primary N) is 1. The van der Waals surface area contributed by atoms with E-state index in [1.54, 1.807) is 0 Å². The molecule has 0 radical (unpaired) electrons. The Labute approximate surface area is 131 Å². The maximum atomic E-state index is 10.4. The van der Waals surface area contributed by atoms with Crippen molar-refractivity contribution in [1.82, 2.24) is 0 Å². The first-order chi connectivity index (χ1) is 10.2. The molecule has 0 aliphatic heterocycles. The van der Waals surface area contributed by atoms with Gasteiger partial charge in [-0.25, -0.2) is 0 Å². The Morgan fingerprint density at radius 1 is 0.857 bits per heavy atom. The Bertz CT molecular complexity index is 274. The van der Waals surface area contributed by atoms with Crippen LogP contribution in [0.2, 0.25) is 0 Å². The Balaban J connectivity index is 3.30. The molecule has 0 atom stereocenters. The Morgan fingerprint density at radius 3 is 2.00 bits per heavy atom. The molecule has 0 saturated heterocycles. The van der Waals surface area contributed by atoms with E-state index in [1.807, 2.05) is 0 Å². The van der Waals surface area contributed by atoms with Gasteiger partial charge in [-0.05, 0) is 32.1 Å². The smallest absolute Gasteiger partial charge is 0.303 e. The van der Waals surface area contributed by atoms with E-state index >= 15 is 0 Å². The summed E-state index contributed by atoms with van der Waals surface area (Å²) in [5.74, 6) is -0.683. The van der Waals surface area contributed by atoms with Crippen LogP contribution in [-0.4, -0.2) is 11.1 Å². The predicted molar refractivity (Wildman–Crippen MR) is 90.2 cm³/mol. The standard InChI is InChI=1S/C18H35NO2/c1-2-3-4-5-6-8-11-14-17(19)15-12-9-7-10-13-16-18(20)21/h14H,2-13,15-16,19H2,1H3,(H,20,21)/b17-14+. The van der Waals surface area contributed by atoms with Crippen LogP contribution < -0.4 is 5.73 Å². The average Bonchev–Trinajstić information content (AvgIpc) is 2.45. The van der Waals surface area contributed by atoms with Crippen LogP contribution >= 0.6 is 0 Å². The van der Waals surface area contributed by atoms with Gasteiger partial charge in [0, 0.05) is 12.1 Å². The van der Waals surface area contributed by atoms with E-state index < -0.39 is 5.97 Å². The first-order valence-corrected chi connectivity index (χ1v) is 8.83. The Hall–Kier alpha value is -0.990. The van der Waals surface area contributed by atoms with Crippen LogP contribution in [0, 0.1) is 0 Å². The predicted octanol–water partition coefficient (Wildman–Crippen LogP) is 5.39. The second-order valence-corrected chi connectivity index (χ2v) is 6.00. The number of hydrogen-bond acceptors (Lipinski definition) is 2. The fraction of sp³-hybridized carbons (Fsp3) is 0.833. The number of allylic oxidation sites excluding steroid dienone is 2. The fourth-order valence-corrected chi connectivity index (χ4v) is 2.45. The summed E-state index contributed by atoms with van der Waals surface area (Å²) in [7, 11) is 0. The minimum Gasteiger partial charge on any atom is -0.481 e. The summed E-state index contributed by atoms with van der Waals surface area (Å²) in [5.41, 5.74) is 7.04. The third kappa shape index (κ3) is 17.0. The van der Waals surface area contributed by atoms with Gasteiger partial charge in [0.1, 0.15) is 0 Å². The molecule has 0 amide bonds. The molecule has 21 heavy (non-hydrogen) atoms. The number of rotatable bonds is 15. The zero-order valence-corrected chi connectivity index (χ0v) is 13.9. The molecule has 3 N–H and O–H groups in total. The molecule has 0 fully saturated rings. The summed E-state index contributed by atoms with van der Waals surface area (Å²) in [4.78, 5) is 10.4. The molecule has 0 heterocycles. The van der Waals surface area contributed by atoms with Crippen molar-refractivity contribution in [3.05, 3.63) is 11.8 Å². The molecule has 0 saturated carbocycles. The highest BCUT2D eigenvalue weighted by molar-refractivity contribution is 5.66. The maximum Gasteiger partial charge on any atom is 0.303 e. The molecule has 0 rings (SSSR count). The van der Waals surface area contributed by atoms with Crippen LogP contribution in [0.15, 0.2) is 11.8 Å². The van der Waals surface area contributed by atoms with Crippen molar-refractivity contribution in [3.63, 3.8) is 0 Å². The van der Waals surface area contributed by atoms with Gasteiger partial charge in [0.15, 0.2) is 0 Å². The zero-order chi connectivity index (χ0) is 15.8. The van der Waals surface area contributed by atoms with Crippen LogP contribution in [0.3, 0.4) is 0 Å². The fourth-order valence-electron chi connectivity index (χ4n) is 2.45. The topological polar surface area (TPSA) is 63.3 Å². The van der Waals surface area contributed by atoms with Gasteiger partial charge in [-0.2, -0.15) is 0 Å². The monoisotopic (exact) mass is 297 g/mol. The van der Waals surface area contributed by atoms with Gasteiger partial charge in [-0.3, -0.25) is 4.79 Å². The minimum atomic E-state index is -0.683. The van der Waals surface area contributed by atoms with Crippen molar-refractivity contribution >= 4 is 5.97 Å². The summed E-state index contributed by atoms with van der Waals surface area (Å²) >= 11 is 0. The number of hydrogen-bond donors (Lipinski definition) is 2. The Kier molecular flexibility index (Phi) is 14.7. The van der Waals surface area contributed by atoms with Gasteiger partial charge in [-0.15, -0.1) is 0 Å². The summed E-state index contributed by atoms with van der Waals surface area (Å²) in [6.07, 6.45) is 17.9. The third-order valence-electron chi connectivity index (χ3n) is 3.82. The van der Waals surface area contributed by atoms with Gasteiger partial charge in [-0.1, -0.05) is 64.4 Å². The van der Waals surface area contributed by atoms with Crippen LogP contribution in [0.4, 0.5) is 0 Å². The van der Waals surface area contributed by atoms with Crippen molar-refractivity contribution in [2.75, 3.05) is 0 Å².